The van der Waals surface area contributed by atoms with E-state index >= 15 is 0 Å². The van der Waals surface area contributed by atoms with E-state index in [1.165, 1.54) is 24.0 Å². The SMILES string of the molecule is Cc1nc(N2CC(n3ccnn3)C2)c(C#N)c2c1CCCC2. The van der Waals surface area contributed by atoms with Crippen molar-refractivity contribution >= 4 is 5.82 Å². The third-order valence-corrected chi connectivity index (χ3v) is 4.79. The van der Waals surface area contributed by atoms with E-state index in [9.17, 15) is 5.26 Å². The molecule has 0 saturated carbocycles. The molecule has 0 N–H and O–H groups in total. The van der Waals surface area contributed by atoms with Crippen LogP contribution < -0.4 is 4.90 Å². The quantitative estimate of drug-likeness (QED) is 0.844. The minimum absolute atomic E-state index is 0.326. The van der Waals surface area contributed by atoms with E-state index in [4.69, 9.17) is 4.98 Å². The van der Waals surface area contributed by atoms with Crippen LogP contribution in [-0.2, 0) is 12.8 Å². The number of nitrogens with zero attached hydrogens (tertiary/aromatic N) is 6. The van der Waals surface area contributed by atoms with E-state index in [0.717, 1.165) is 43.0 Å². The molecule has 2 aromatic heterocycles. The molecule has 0 amide bonds. The normalized spacial score (nSPS) is 17.7. The number of fused-ring (bicyclic) bond motifs is 1. The molecule has 0 atom stereocenters. The lowest BCUT2D eigenvalue weighted by atomic mass is 9.87. The molecule has 6 nitrogen and oxygen atoms in total. The number of anilines is 1. The molecule has 1 fully saturated rings. The fourth-order valence-electron chi connectivity index (χ4n) is 3.55. The molecule has 0 unspecified atom stereocenters. The molecule has 1 aliphatic heterocycles. The molecule has 22 heavy (non-hydrogen) atoms. The molecular weight excluding hydrogens is 276 g/mol. The van der Waals surface area contributed by atoms with E-state index in [1.54, 1.807) is 6.20 Å². The van der Waals surface area contributed by atoms with Crippen LogP contribution in [-0.4, -0.2) is 33.1 Å². The highest BCUT2D eigenvalue weighted by Crippen LogP contribution is 2.35. The average Bonchev–Trinajstić information content (AvgIpc) is 3.00. The highest BCUT2D eigenvalue weighted by Gasteiger charge is 2.33. The Morgan fingerprint density at radius 2 is 2.00 bits per heavy atom. The van der Waals surface area contributed by atoms with Crippen molar-refractivity contribution in [1.82, 2.24) is 20.0 Å². The maximum atomic E-state index is 9.64. The second kappa shape index (κ2) is 5.09. The molecule has 4 rings (SSSR count). The first kappa shape index (κ1) is 13.3. The summed E-state index contributed by atoms with van der Waals surface area (Å²) in [7, 11) is 0. The van der Waals surface area contributed by atoms with Crippen molar-refractivity contribution in [3.05, 3.63) is 34.8 Å². The fourth-order valence-corrected chi connectivity index (χ4v) is 3.55. The van der Waals surface area contributed by atoms with Crippen LogP contribution in [0.1, 0.15) is 41.3 Å². The van der Waals surface area contributed by atoms with Gasteiger partial charge in [0.25, 0.3) is 0 Å². The van der Waals surface area contributed by atoms with Crippen LogP contribution in [0, 0.1) is 18.3 Å². The number of rotatable bonds is 2. The Labute approximate surface area is 129 Å². The average molecular weight is 294 g/mol. The van der Waals surface area contributed by atoms with Crippen LogP contribution in [0.3, 0.4) is 0 Å². The summed E-state index contributed by atoms with van der Waals surface area (Å²) in [4.78, 5) is 6.94. The first-order valence-electron chi connectivity index (χ1n) is 7.81. The van der Waals surface area contributed by atoms with Gasteiger partial charge in [0.15, 0.2) is 0 Å². The lowest BCUT2D eigenvalue weighted by Crippen LogP contribution is -2.49. The minimum atomic E-state index is 0.326. The highest BCUT2D eigenvalue weighted by molar-refractivity contribution is 5.62. The Kier molecular flexibility index (Phi) is 3.07. The molecule has 0 bridgehead atoms. The van der Waals surface area contributed by atoms with Crippen molar-refractivity contribution in [2.45, 2.75) is 38.6 Å². The van der Waals surface area contributed by atoms with Gasteiger partial charge in [0.05, 0.1) is 17.8 Å². The largest absolute Gasteiger partial charge is 0.351 e. The van der Waals surface area contributed by atoms with Crippen molar-refractivity contribution in [3.63, 3.8) is 0 Å². The monoisotopic (exact) mass is 294 g/mol. The first-order chi connectivity index (χ1) is 10.8. The predicted octanol–water partition coefficient (Wildman–Crippen LogP) is 1.79. The highest BCUT2D eigenvalue weighted by atomic mass is 15.5. The molecular formula is C16H18N6. The maximum Gasteiger partial charge on any atom is 0.147 e. The van der Waals surface area contributed by atoms with Gasteiger partial charge >= 0.3 is 0 Å². The molecule has 112 valence electrons. The van der Waals surface area contributed by atoms with Gasteiger partial charge in [-0.2, -0.15) is 5.26 Å². The van der Waals surface area contributed by atoms with E-state index in [0.29, 0.717) is 6.04 Å². The molecule has 3 heterocycles. The number of hydrogen-bond donors (Lipinski definition) is 0. The van der Waals surface area contributed by atoms with E-state index in [1.807, 2.05) is 10.9 Å². The van der Waals surface area contributed by atoms with E-state index in [-0.39, 0.29) is 0 Å². The molecule has 1 aliphatic carbocycles. The van der Waals surface area contributed by atoms with E-state index < -0.39 is 0 Å². The Morgan fingerprint density at radius 3 is 2.68 bits per heavy atom. The molecule has 0 aromatic carbocycles. The predicted molar refractivity (Wildman–Crippen MR) is 81.6 cm³/mol. The van der Waals surface area contributed by atoms with Gasteiger partial charge in [-0.25, -0.2) is 9.67 Å². The summed E-state index contributed by atoms with van der Waals surface area (Å²) in [5.74, 6) is 0.858. The third-order valence-electron chi connectivity index (χ3n) is 4.79. The summed E-state index contributed by atoms with van der Waals surface area (Å²) in [6.45, 7) is 3.75. The lowest BCUT2D eigenvalue weighted by molar-refractivity contribution is 0.358. The Balaban J connectivity index is 1.66. The number of nitriles is 1. The summed E-state index contributed by atoms with van der Waals surface area (Å²) in [5.41, 5.74) is 4.42. The zero-order chi connectivity index (χ0) is 15.1. The number of pyridine rings is 1. The topological polar surface area (TPSA) is 70.6 Å². The Hall–Kier alpha value is -2.42. The van der Waals surface area contributed by atoms with Gasteiger partial charge in [-0.05, 0) is 43.7 Å². The molecule has 0 radical (unpaired) electrons. The lowest BCUT2D eigenvalue weighted by Gasteiger charge is -2.40. The molecule has 1 saturated heterocycles. The van der Waals surface area contributed by atoms with Gasteiger partial charge < -0.3 is 4.90 Å². The van der Waals surface area contributed by atoms with Crippen LogP contribution in [0.25, 0.3) is 0 Å². The van der Waals surface area contributed by atoms with Crippen LogP contribution in [0.15, 0.2) is 12.4 Å². The minimum Gasteiger partial charge on any atom is -0.351 e. The van der Waals surface area contributed by atoms with Crippen molar-refractivity contribution < 1.29 is 0 Å². The van der Waals surface area contributed by atoms with Crippen molar-refractivity contribution in [1.29, 1.82) is 5.26 Å². The van der Waals surface area contributed by atoms with Crippen LogP contribution in [0.2, 0.25) is 0 Å². The summed E-state index contributed by atoms with van der Waals surface area (Å²) in [6.07, 6.45) is 8.03. The summed E-state index contributed by atoms with van der Waals surface area (Å²) in [6, 6.07) is 2.74. The van der Waals surface area contributed by atoms with Crippen molar-refractivity contribution in [2.24, 2.45) is 0 Å². The summed E-state index contributed by atoms with van der Waals surface area (Å²) >= 11 is 0. The first-order valence-corrected chi connectivity index (χ1v) is 7.81. The zero-order valence-electron chi connectivity index (χ0n) is 12.7. The van der Waals surface area contributed by atoms with Gasteiger partial charge in [-0.15, -0.1) is 5.10 Å². The van der Waals surface area contributed by atoms with Crippen LogP contribution in [0.4, 0.5) is 5.82 Å². The van der Waals surface area contributed by atoms with Crippen molar-refractivity contribution in [2.75, 3.05) is 18.0 Å². The van der Waals surface area contributed by atoms with Crippen molar-refractivity contribution in [3.8, 4) is 6.07 Å². The second-order valence-electron chi connectivity index (χ2n) is 6.11. The molecule has 2 aromatic rings. The molecule has 2 aliphatic rings. The standard InChI is InChI=1S/C16H18N6/c1-11-13-4-2-3-5-14(13)15(8-17)16(19-11)21-9-12(10-21)22-7-6-18-20-22/h6-7,12H,2-5,9-10H2,1H3. The van der Waals surface area contributed by atoms with Gasteiger partial charge in [-0.1, -0.05) is 5.21 Å². The van der Waals surface area contributed by atoms with Gasteiger partial charge in [-0.3, -0.25) is 0 Å². The Bertz CT molecular complexity index is 737. The smallest absolute Gasteiger partial charge is 0.147 e. The van der Waals surface area contributed by atoms with Crippen LogP contribution in [0.5, 0.6) is 0 Å². The number of aromatic nitrogens is 4. The Morgan fingerprint density at radius 1 is 1.23 bits per heavy atom. The van der Waals surface area contributed by atoms with Gasteiger partial charge in [0, 0.05) is 25.0 Å². The zero-order valence-corrected chi connectivity index (χ0v) is 12.7. The molecule has 6 heteroatoms. The maximum absolute atomic E-state index is 9.64. The molecule has 0 spiro atoms. The number of hydrogen-bond acceptors (Lipinski definition) is 5. The summed E-state index contributed by atoms with van der Waals surface area (Å²) in [5, 5.41) is 17.5. The number of aryl methyl sites for hydroxylation is 1. The van der Waals surface area contributed by atoms with E-state index in [2.05, 4.69) is 28.2 Å². The second-order valence-corrected chi connectivity index (χ2v) is 6.11. The summed E-state index contributed by atoms with van der Waals surface area (Å²) < 4.78 is 1.88. The third kappa shape index (κ3) is 1.97. The van der Waals surface area contributed by atoms with Gasteiger partial charge in [0.1, 0.15) is 11.9 Å². The van der Waals surface area contributed by atoms with Crippen LogP contribution >= 0.6 is 0 Å². The fraction of sp³-hybridized carbons (Fsp3) is 0.500. The van der Waals surface area contributed by atoms with Gasteiger partial charge in [0.2, 0.25) is 0 Å².